The first-order chi connectivity index (χ1) is 15.4. The maximum atomic E-state index is 12.5. The second-order valence-electron chi connectivity index (χ2n) is 7.92. The van der Waals surface area contributed by atoms with E-state index >= 15 is 0 Å². The number of nitrogens with zero attached hydrogens (tertiary/aromatic N) is 3. The molecule has 32 heavy (non-hydrogen) atoms. The van der Waals surface area contributed by atoms with Crippen molar-refractivity contribution < 1.29 is 14.3 Å². The van der Waals surface area contributed by atoms with Crippen LogP contribution >= 0.6 is 11.6 Å². The van der Waals surface area contributed by atoms with Crippen LogP contribution in [0.5, 0.6) is 0 Å². The summed E-state index contributed by atoms with van der Waals surface area (Å²) < 4.78 is 7.20. The maximum absolute atomic E-state index is 12.5. The molecule has 2 heterocycles. The molecule has 1 aliphatic rings. The van der Waals surface area contributed by atoms with Crippen molar-refractivity contribution in [2.24, 2.45) is 0 Å². The smallest absolute Gasteiger partial charge is 0.323 e. The number of anilines is 1. The Morgan fingerprint density at radius 3 is 2.41 bits per heavy atom. The first-order valence-corrected chi connectivity index (χ1v) is 10.8. The van der Waals surface area contributed by atoms with Gasteiger partial charge in [-0.25, -0.2) is 4.98 Å². The number of amides is 1. The highest BCUT2D eigenvalue weighted by molar-refractivity contribution is 6.30. The minimum Gasteiger partial charge on any atom is -0.468 e. The number of esters is 1. The summed E-state index contributed by atoms with van der Waals surface area (Å²) in [5.41, 5.74) is 4.93. The summed E-state index contributed by atoms with van der Waals surface area (Å²) in [6.07, 6.45) is 2.33. The second kappa shape index (κ2) is 9.54. The van der Waals surface area contributed by atoms with Crippen LogP contribution in [0.2, 0.25) is 5.02 Å². The SMILES string of the molecule is COC(=O)[C@@H]1Cc2ncn(Cc3ccc(Cl)cc3)c2CN1Cc1ccc(NC(C)=O)cc1. The van der Waals surface area contributed by atoms with Crippen molar-refractivity contribution in [3.8, 4) is 0 Å². The second-order valence-corrected chi connectivity index (χ2v) is 8.35. The van der Waals surface area contributed by atoms with Gasteiger partial charge in [0.1, 0.15) is 6.04 Å². The van der Waals surface area contributed by atoms with E-state index in [0.717, 1.165) is 28.2 Å². The Morgan fingerprint density at radius 2 is 1.75 bits per heavy atom. The molecule has 1 amide bonds. The van der Waals surface area contributed by atoms with Crippen molar-refractivity contribution in [1.29, 1.82) is 0 Å². The number of nitrogens with one attached hydrogen (secondary N) is 1. The fourth-order valence-corrected chi connectivity index (χ4v) is 4.13. The summed E-state index contributed by atoms with van der Waals surface area (Å²) in [6.45, 7) is 3.32. The van der Waals surface area contributed by atoms with E-state index in [9.17, 15) is 9.59 Å². The molecule has 0 spiro atoms. The normalized spacial score (nSPS) is 15.8. The van der Waals surface area contributed by atoms with Crippen LogP contribution in [-0.2, 0) is 40.4 Å². The Hall–Kier alpha value is -3.16. The van der Waals surface area contributed by atoms with Crippen LogP contribution < -0.4 is 5.32 Å². The minimum absolute atomic E-state index is 0.110. The van der Waals surface area contributed by atoms with Gasteiger partial charge in [0.05, 0.1) is 24.8 Å². The van der Waals surface area contributed by atoms with Crippen molar-refractivity contribution in [2.45, 2.75) is 39.0 Å². The molecule has 1 aliphatic heterocycles. The molecule has 1 aromatic heterocycles. The molecule has 1 N–H and O–H groups in total. The standard InChI is InChI=1S/C24H25ClN4O3/c1-16(30)27-20-9-5-18(6-10-20)12-28-14-23-21(11-22(28)24(31)32-2)26-15-29(23)13-17-3-7-19(25)8-4-17/h3-10,15,22H,11-14H2,1-2H3,(H,27,30)/t22-/m0/s1. The third-order valence-electron chi connectivity index (χ3n) is 5.61. The summed E-state index contributed by atoms with van der Waals surface area (Å²) in [7, 11) is 1.41. The van der Waals surface area contributed by atoms with Gasteiger partial charge in [0.15, 0.2) is 0 Å². The number of methoxy groups -OCH3 is 1. The molecular weight excluding hydrogens is 428 g/mol. The van der Waals surface area contributed by atoms with Crippen LogP contribution in [0.25, 0.3) is 0 Å². The number of ether oxygens (including phenoxy) is 1. The molecule has 0 saturated heterocycles. The quantitative estimate of drug-likeness (QED) is 0.578. The predicted octanol–water partition coefficient (Wildman–Crippen LogP) is 3.64. The first kappa shape index (κ1) is 22.0. The van der Waals surface area contributed by atoms with Gasteiger partial charge >= 0.3 is 5.97 Å². The van der Waals surface area contributed by atoms with Gasteiger partial charge in [0.2, 0.25) is 5.91 Å². The maximum Gasteiger partial charge on any atom is 0.323 e. The van der Waals surface area contributed by atoms with Crippen molar-refractivity contribution in [3.63, 3.8) is 0 Å². The monoisotopic (exact) mass is 452 g/mol. The van der Waals surface area contributed by atoms with E-state index in [2.05, 4.69) is 19.8 Å². The molecule has 166 valence electrons. The zero-order valence-electron chi connectivity index (χ0n) is 18.0. The number of aromatic nitrogens is 2. The van der Waals surface area contributed by atoms with E-state index in [1.807, 2.05) is 54.9 Å². The largest absolute Gasteiger partial charge is 0.468 e. The van der Waals surface area contributed by atoms with E-state index in [0.29, 0.717) is 31.1 Å². The molecule has 1 atom stereocenters. The van der Waals surface area contributed by atoms with Crippen LogP contribution in [-0.4, -0.2) is 39.5 Å². The fourth-order valence-electron chi connectivity index (χ4n) is 4.01. The molecule has 0 radical (unpaired) electrons. The lowest BCUT2D eigenvalue weighted by molar-refractivity contribution is -0.148. The number of fused-ring (bicyclic) bond motifs is 1. The summed E-state index contributed by atoms with van der Waals surface area (Å²) in [4.78, 5) is 30.5. The van der Waals surface area contributed by atoms with Gasteiger partial charge in [-0.15, -0.1) is 0 Å². The highest BCUT2D eigenvalue weighted by atomic mass is 35.5. The van der Waals surface area contributed by atoms with Gasteiger partial charge in [0.25, 0.3) is 0 Å². The molecule has 0 bridgehead atoms. The summed E-state index contributed by atoms with van der Waals surface area (Å²) in [5, 5.41) is 3.48. The number of hydrogen-bond acceptors (Lipinski definition) is 5. The van der Waals surface area contributed by atoms with Crippen LogP contribution in [0.1, 0.15) is 29.4 Å². The number of carbonyl (C=O) groups excluding carboxylic acids is 2. The Morgan fingerprint density at radius 1 is 1.09 bits per heavy atom. The minimum atomic E-state index is -0.401. The molecule has 2 aromatic carbocycles. The number of carbonyl (C=O) groups is 2. The van der Waals surface area contributed by atoms with Gasteiger partial charge < -0.3 is 14.6 Å². The van der Waals surface area contributed by atoms with E-state index < -0.39 is 6.04 Å². The Balaban J connectivity index is 1.56. The molecular formula is C24H25ClN4O3. The van der Waals surface area contributed by atoms with Crippen LogP contribution in [0.3, 0.4) is 0 Å². The Labute approximate surface area is 192 Å². The Kier molecular flexibility index (Phi) is 6.58. The average molecular weight is 453 g/mol. The summed E-state index contributed by atoms with van der Waals surface area (Å²) in [6, 6.07) is 15.0. The van der Waals surface area contributed by atoms with Gasteiger partial charge in [-0.3, -0.25) is 14.5 Å². The number of rotatable bonds is 6. The molecule has 7 nitrogen and oxygen atoms in total. The molecule has 0 unspecified atom stereocenters. The third kappa shape index (κ3) is 5.00. The van der Waals surface area contributed by atoms with E-state index in [1.165, 1.54) is 14.0 Å². The summed E-state index contributed by atoms with van der Waals surface area (Å²) >= 11 is 6.01. The molecule has 3 aromatic rings. The predicted molar refractivity (Wildman–Crippen MR) is 122 cm³/mol. The number of hydrogen-bond donors (Lipinski definition) is 1. The molecule has 8 heteroatoms. The van der Waals surface area contributed by atoms with Crippen LogP contribution in [0, 0.1) is 0 Å². The van der Waals surface area contributed by atoms with Gasteiger partial charge in [0, 0.05) is 43.7 Å². The van der Waals surface area contributed by atoms with E-state index in [1.54, 1.807) is 0 Å². The average Bonchev–Trinajstić information content (AvgIpc) is 3.17. The van der Waals surface area contributed by atoms with Gasteiger partial charge in [-0.1, -0.05) is 35.9 Å². The Bertz CT molecular complexity index is 1110. The van der Waals surface area contributed by atoms with Crippen molar-refractivity contribution >= 4 is 29.2 Å². The molecule has 4 rings (SSSR count). The number of imidazole rings is 1. The van der Waals surface area contributed by atoms with Crippen molar-refractivity contribution in [3.05, 3.63) is 82.4 Å². The lowest BCUT2D eigenvalue weighted by Gasteiger charge is -2.34. The van der Waals surface area contributed by atoms with Crippen molar-refractivity contribution in [1.82, 2.24) is 14.5 Å². The highest BCUT2D eigenvalue weighted by Gasteiger charge is 2.34. The zero-order chi connectivity index (χ0) is 22.7. The number of benzene rings is 2. The fraction of sp³-hybridized carbons (Fsp3) is 0.292. The topological polar surface area (TPSA) is 76.5 Å². The van der Waals surface area contributed by atoms with E-state index in [-0.39, 0.29) is 11.9 Å². The first-order valence-electron chi connectivity index (χ1n) is 10.4. The van der Waals surface area contributed by atoms with Gasteiger partial charge in [-0.2, -0.15) is 0 Å². The van der Waals surface area contributed by atoms with Crippen LogP contribution in [0.4, 0.5) is 5.69 Å². The molecule has 0 aliphatic carbocycles. The van der Waals surface area contributed by atoms with E-state index in [4.69, 9.17) is 16.3 Å². The number of halogens is 1. The summed E-state index contributed by atoms with van der Waals surface area (Å²) in [5.74, 6) is -0.376. The van der Waals surface area contributed by atoms with Crippen LogP contribution in [0.15, 0.2) is 54.9 Å². The molecule has 0 saturated carbocycles. The third-order valence-corrected chi connectivity index (χ3v) is 5.86. The zero-order valence-corrected chi connectivity index (χ0v) is 18.8. The molecule has 0 fully saturated rings. The highest BCUT2D eigenvalue weighted by Crippen LogP contribution is 2.26. The lowest BCUT2D eigenvalue weighted by atomic mass is 10.0. The van der Waals surface area contributed by atoms with Crippen molar-refractivity contribution in [2.75, 3.05) is 12.4 Å². The van der Waals surface area contributed by atoms with Gasteiger partial charge in [-0.05, 0) is 35.4 Å². The lowest BCUT2D eigenvalue weighted by Crippen LogP contribution is -2.46.